The van der Waals surface area contributed by atoms with Crippen molar-refractivity contribution in [1.82, 2.24) is 0 Å². The van der Waals surface area contributed by atoms with Gasteiger partial charge >= 0.3 is 0 Å². The van der Waals surface area contributed by atoms with Gasteiger partial charge in [-0.05, 0) is 19.8 Å². The van der Waals surface area contributed by atoms with E-state index in [2.05, 4.69) is 7.05 Å². The molecule has 0 amide bonds. The standard InChI is InChI=1S/C9H17NO3/c1-7(9(11)12)13-8-4-3-5-10(2)6-8/h7-8H,3-6H2,1-2H3,(H,11,12)/t7-,8+/m0/s1. The number of hydrogen-bond donors (Lipinski definition) is 1. The zero-order chi connectivity index (χ0) is 9.84. The number of carboxylic acid groups (broad SMARTS) is 1. The largest absolute Gasteiger partial charge is 0.547 e. The molecule has 4 heteroatoms. The van der Waals surface area contributed by atoms with Crippen molar-refractivity contribution in [3.63, 3.8) is 0 Å². The van der Waals surface area contributed by atoms with Gasteiger partial charge in [-0.1, -0.05) is 0 Å². The average molecular weight is 187 g/mol. The first kappa shape index (κ1) is 10.5. The second-order valence-electron chi connectivity index (χ2n) is 3.77. The van der Waals surface area contributed by atoms with Crippen LogP contribution >= 0.6 is 0 Å². The highest BCUT2D eigenvalue weighted by Gasteiger charge is 2.22. The number of likely N-dealkylation sites (N-methyl/N-ethyl adjacent to an activating group) is 1. The molecule has 0 saturated carbocycles. The maximum Gasteiger partial charge on any atom is 0.107 e. The van der Waals surface area contributed by atoms with Crippen molar-refractivity contribution in [3.05, 3.63) is 0 Å². The van der Waals surface area contributed by atoms with Gasteiger partial charge in [0.25, 0.3) is 0 Å². The van der Waals surface area contributed by atoms with E-state index in [-0.39, 0.29) is 6.10 Å². The van der Waals surface area contributed by atoms with Gasteiger partial charge in [-0.3, -0.25) is 0 Å². The summed E-state index contributed by atoms with van der Waals surface area (Å²) in [5, 5.41) is 10.4. The van der Waals surface area contributed by atoms with E-state index in [1.165, 1.54) is 11.8 Å². The fourth-order valence-electron chi connectivity index (χ4n) is 1.68. The minimum atomic E-state index is -1.12. The van der Waals surface area contributed by atoms with Crippen LogP contribution in [0, 0.1) is 0 Å². The van der Waals surface area contributed by atoms with Crippen LogP contribution in [0.15, 0.2) is 0 Å². The van der Waals surface area contributed by atoms with Crippen molar-refractivity contribution in [3.8, 4) is 0 Å². The normalized spacial score (nSPS) is 31.2. The predicted octanol–water partition coefficient (Wildman–Crippen LogP) is -2.18. The molecule has 0 aromatic rings. The number of hydrogen-bond acceptors (Lipinski definition) is 3. The van der Waals surface area contributed by atoms with Crippen molar-refractivity contribution in [2.45, 2.75) is 32.0 Å². The van der Waals surface area contributed by atoms with Crippen LogP contribution in [0.3, 0.4) is 0 Å². The molecule has 1 unspecified atom stereocenters. The molecule has 1 aliphatic heterocycles. The number of rotatable bonds is 3. The van der Waals surface area contributed by atoms with Gasteiger partial charge in [0.05, 0.1) is 25.7 Å². The summed E-state index contributed by atoms with van der Waals surface area (Å²) in [6.45, 7) is 3.58. The number of quaternary nitrogens is 1. The molecular formula is C9H17NO3. The minimum Gasteiger partial charge on any atom is -0.547 e. The Morgan fingerprint density at radius 1 is 1.69 bits per heavy atom. The molecule has 0 spiro atoms. The lowest BCUT2D eigenvalue weighted by Gasteiger charge is -2.29. The van der Waals surface area contributed by atoms with Crippen LogP contribution in [0.1, 0.15) is 19.8 Å². The van der Waals surface area contributed by atoms with E-state index in [4.69, 9.17) is 4.74 Å². The molecule has 76 valence electrons. The summed E-state index contributed by atoms with van der Waals surface area (Å²) in [6.07, 6.45) is 1.38. The number of aliphatic carboxylic acids is 1. The maximum absolute atomic E-state index is 10.4. The van der Waals surface area contributed by atoms with E-state index in [0.29, 0.717) is 0 Å². The van der Waals surface area contributed by atoms with Crippen LogP contribution in [0.2, 0.25) is 0 Å². The van der Waals surface area contributed by atoms with Gasteiger partial charge < -0.3 is 19.5 Å². The third-order valence-corrected chi connectivity index (χ3v) is 2.43. The zero-order valence-electron chi connectivity index (χ0n) is 8.21. The lowest BCUT2D eigenvalue weighted by atomic mass is 10.1. The van der Waals surface area contributed by atoms with Gasteiger partial charge in [-0.2, -0.15) is 0 Å². The molecule has 0 aromatic carbocycles. The Hall–Kier alpha value is -0.610. The quantitative estimate of drug-likeness (QED) is 0.546. The Morgan fingerprint density at radius 3 is 2.92 bits per heavy atom. The van der Waals surface area contributed by atoms with E-state index in [0.717, 1.165) is 25.9 Å². The molecule has 0 radical (unpaired) electrons. The Bertz CT molecular complexity index is 184. The van der Waals surface area contributed by atoms with Crippen LogP contribution in [0.5, 0.6) is 0 Å². The number of piperidine rings is 1. The molecule has 3 atom stereocenters. The second kappa shape index (κ2) is 4.58. The predicted molar refractivity (Wildman–Crippen MR) is 45.2 cm³/mol. The molecule has 1 saturated heterocycles. The number of carbonyl (C=O) groups excluding carboxylic acids is 1. The van der Waals surface area contributed by atoms with Crippen LogP contribution in [0.4, 0.5) is 0 Å². The number of ether oxygens (including phenoxy) is 1. The van der Waals surface area contributed by atoms with Gasteiger partial charge in [0.1, 0.15) is 12.6 Å². The first-order valence-corrected chi connectivity index (χ1v) is 4.77. The number of nitrogens with one attached hydrogen (secondary N) is 1. The second-order valence-corrected chi connectivity index (χ2v) is 3.77. The Morgan fingerprint density at radius 2 is 2.38 bits per heavy atom. The average Bonchev–Trinajstić information content (AvgIpc) is 2.04. The molecule has 13 heavy (non-hydrogen) atoms. The maximum atomic E-state index is 10.4. The van der Waals surface area contributed by atoms with Crippen molar-refractivity contribution in [2.75, 3.05) is 20.1 Å². The van der Waals surface area contributed by atoms with Crippen molar-refractivity contribution < 1.29 is 19.5 Å². The molecular weight excluding hydrogens is 170 g/mol. The first-order chi connectivity index (χ1) is 6.09. The van der Waals surface area contributed by atoms with Crippen molar-refractivity contribution in [2.24, 2.45) is 0 Å². The fourth-order valence-corrected chi connectivity index (χ4v) is 1.68. The van der Waals surface area contributed by atoms with Crippen LogP contribution in [-0.2, 0) is 9.53 Å². The zero-order valence-corrected chi connectivity index (χ0v) is 8.21. The van der Waals surface area contributed by atoms with Gasteiger partial charge in [0.15, 0.2) is 0 Å². The Kier molecular flexibility index (Phi) is 3.69. The molecule has 0 aliphatic carbocycles. The summed E-state index contributed by atoms with van der Waals surface area (Å²) in [5.74, 6) is -1.12. The van der Waals surface area contributed by atoms with Gasteiger partial charge in [-0.15, -0.1) is 0 Å². The van der Waals surface area contributed by atoms with Gasteiger partial charge in [0, 0.05) is 0 Å². The highest BCUT2D eigenvalue weighted by atomic mass is 16.5. The molecule has 0 aromatic heterocycles. The summed E-state index contributed by atoms with van der Waals surface area (Å²) in [6, 6.07) is 0. The van der Waals surface area contributed by atoms with Gasteiger partial charge in [0.2, 0.25) is 0 Å². The SMILES string of the molecule is C[C@H](O[C@@H]1CCC[NH+](C)C1)C(=O)[O-]. The van der Waals surface area contributed by atoms with E-state index in [1.807, 2.05) is 0 Å². The van der Waals surface area contributed by atoms with E-state index in [9.17, 15) is 9.90 Å². The lowest BCUT2D eigenvalue weighted by molar-refractivity contribution is -0.888. The molecule has 1 aliphatic rings. The molecule has 0 bridgehead atoms. The van der Waals surface area contributed by atoms with Crippen LogP contribution in [0.25, 0.3) is 0 Å². The Balaban J connectivity index is 2.31. The smallest absolute Gasteiger partial charge is 0.107 e. The monoisotopic (exact) mass is 187 g/mol. The van der Waals surface area contributed by atoms with E-state index < -0.39 is 12.1 Å². The summed E-state index contributed by atoms with van der Waals surface area (Å²) in [5.41, 5.74) is 0. The van der Waals surface area contributed by atoms with Crippen LogP contribution in [-0.4, -0.2) is 38.3 Å². The molecule has 1 fully saturated rings. The highest BCUT2D eigenvalue weighted by Crippen LogP contribution is 2.05. The summed E-state index contributed by atoms with van der Waals surface area (Å²) in [7, 11) is 2.10. The summed E-state index contributed by atoms with van der Waals surface area (Å²) in [4.78, 5) is 11.8. The minimum absolute atomic E-state index is 0.0849. The van der Waals surface area contributed by atoms with Crippen molar-refractivity contribution >= 4 is 5.97 Å². The molecule has 1 rings (SSSR count). The first-order valence-electron chi connectivity index (χ1n) is 4.77. The number of likely N-dealkylation sites (tertiary alicyclic amines) is 1. The Labute approximate surface area is 78.5 Å². The van der Waals surface area contributed by atoms with Crippen molar-refractivity contribution in [1.29, 1.82) is 0 Å². The molecule has 4 nitrogen and oxygen atoms in total. The lowest BCUT2D eigenvalue weighted by Crippen LogP contribution is -3.11. The molecule has 1 N–H and O–H groups in total. The number of carboxylic acids is 1. The van der Waals surface area contributed by atoms with Gasteiger partial charge in [-0.25, -0.2) is 0 Å². The summed E-state index contributed by atoms with van der Waals surface area (Å²) >= 11 is 0. The molecule has 1 heterocycles. The van der Waals surface area contributed by atoms with Crippen LogP contribution < -0.4 is 10.0 Å². The third kappa shape index (κ3) is 3.32. The van der Waals surface area contributed by atoms with E-state index >= 15 is 0 Å². The number of carbonyl (C=O) groups is 1. The highest BCUT2D eigenvalue weighted by molar-refractivity contribution is 5.69. The fraction of sp³-hybridized carbons (Fsp3) is 0.889. The van der Waals surface area contributed by atoms with E-state index in [1.54, 1.807) is 0 Å². The topological polar surface area (TPSA) is 53.8 Å². The summed E-state index contributed by atoms with van der Waals surface area (Å²) < 4.78 is 5.34. The third-order valence-electron chi connectivity index (χ3n) is 2.43.